The molecule has 0 fully saturated rings. The van der Waals surface area contributed by atoms with Crippen molar-refractivity contribution in [2.45, 2.75) is 20.3 Å². The van der Waals surface area contributed by atoms with E-state index in [9.17, 15) is 13.6 Å². The molecule has 1 aromatic rings. The van der Waals surface area contributed by atoms with Crippen LogP contribution in [-0.4, -0.2) is 12.4 Å². The van der Waals surface area contributed by atoms with Gasteiger partial charge in [-0.3, -0.25) is 4.79 Å². The Labute approximate surface area is 106 Å². The number of Topliss-reactive ketones (excluding diaryl/α,β-unsaturated/α-hetero) is 1. The second-order valence-electron chi connectivity index (χ2n) is 3.14. The van der Waals surface area contributed by atoms with Crippen molar-refractivity contribution in [3.8, 4) is 5.75 Å². The molecule has 1 rings (SSSR count). The van der Waals surface area contributed by atoms with E-state index in [4.69, 9.17) is 4.74 Å². The molecule has 0 N–H and O–H groups in total. The maximum atomic E-state index is 12.7. The van der Waals surface area contributed by atoms with Crippen LogP contribution in [0.1, 0.15) is 36.2 Å². The Kier molecular flexibility index (Phi) is 4.64. The Morgan fingerprint density at radius 1 is 1.50 bits per heavy atom. The van der Waals surface area contributed by atoms with Crippen molar-refractivity contribution in [1.29, 1.82) is 0 Å². The predicted molar refractivity (Wildman–Crippen MR) is 65.3 cm³/mol. The van der Waals surface area contributed by atoms with E-state index < -0.39 is 6.43 Å². The standard InChI is InChI=1S/C11H11F2IO2/c1-3-16-10-8(11(12)13)5-4-7(6(2)15)9(10)14/h4-5,11H,3H2,1-2H3. The van der Waals surface area contributed by atoms with Crippen LogP contribution in [0.3, 0.4) is 0 Å². The van der Waals surface area contributed by atoms with Gasteiger partial charge in [-0.2, -0.15) is 0 Å². The quantitative estimate of drug-likeness (QED) is 0.615. The minimum absolute atomic E-state index is 0.116. The first-order chi connectivity index (χ1) is 7.49. The van der Waals surface area contributed by atoms with Crippen LogP contribution in [-0.2, 0) is 0 Å². The number of ketones is 1. The molecular formula is C11H11F2IO2. The third-order valence-corrected chi connectivity index (χ3v) is 3.10. The van der Waals surface area contributed by atoms with Crippen molar-refractivity contribution < 1.29 is 18.3 Å². The number of rotatable bonds is 4. The van der Waals surface area contributed by atoms with Gasteiger partial charge < -0.3 is 4.74 Å². The molecule has 88 valence electrons. The third-order valence-electron chi connectivity index (χ3n) is 2.03. The monoisotopic (exact) mass is 340 g/mol. The molecule has 0 radical (unpaired) electrons. The van der Waals surface area contributed by atoms with Crippen LogP contribution in [0.4, 0.5) is 8.78 Å². The van der Waals surface area contributed by atoms with E-state index in [1.165, 1.54) is 19.1 Å². The maximum Gasteiger partial charge on any atom is 0.267 e. The highest BCUT2D eigenvalue weighted by Crippen LogP contribution is 2.35. The van der Waals surface area contributed by atoms with E-state index in [1.807, 2.05) is 22.6 Å². The van der Waals surface area contributed by atoms with Crippen LogP contribution in [0, 0.1) is 3.57 Å². The smallest absolute Gasteiger partial charge is 0.267 e. The molecule has 0 aliphatic heterocycles. The Morgan fingerprint density at radius 2 is 2.12 bits per heavy atom. The molecular weight excluding hydrogens is 329 g/mol. The second-order valence-corrected chi connectivity index (χ2v) is 4.21. The summed E-state index contributed by atoms with van der Waals surface area (Å²) in [7, 11) is 0. The van der Waals surface area contributed by atoms with E-state index in [-0.39, 0.29) is 23.7 Å². The van der Waals surface area contributed by atoms with Gasteiger partial charge in [-0.25, -0.2) is 8.78 Å². The van der Waals surface area contributed by atoms with Gasteiger partial charge in [0.2, 0.25) is 0 Å². The van der Waals surface area contributed by atoms with Crippen LogP contribution in [0.15, 0.2) is 12.1 Å². The largest absolute Gasteiger partial charge is 0.492 e. The average Bonchev–Trinajstić information content (AvgIpc) is 2.20. The Hall–Kier alpha value is -0.720. The van der Waals surface area contributed by atoms with Crippen molar-refractivity contribution >= 4 is 28.4 Å². The number of halogens is 3. The number of hydrogen-bond donors (Lipinski definition) is 0. The zero-order valence-corrected chi connectivity index (χ0v) is 11.0. The lowest BCUT2D eigenvalue weighted by molar-refractivity contribution is 0.101. The number of hydrogen-bond acceptors (Lipinski definition) is 2. The van der Waals surface area contributed by atoms with Gasteiger partial charge >= 0.3 is 0 Å². The molecule has 0 atom stereocenters. The molecule has 0 saturated heterocycles. The van der Waals surface area contributed by atoms with Crippen molar-refractivity contribution in [3.63, 3.8) is 0 Å². The van der Waals surface area contributed by atoms with Crippen molar-refractivity contribution in [2.24, 2.45) is 0 Å². The molecule has 5 heteroatoms. The van der Waals surface area contributed by atoms with Gasteiger partial charge in [-0.05, 0) is 48.6 Å². The van der Waals surface area contributed by atoms with Gasteiger partial charge in [-0.1, -0.05) is 0 Å². The fraction of sp³-hybridized carbons (Fsp3) is 0.364. The lowest BCUT2D eigenvalue weighted by Gasteiger charge is -2.13. The summed E-state index contributed by atoms with van der Waals surface area (Å²) >= 11 is 1.86. The highest BCUT2D eigenvalue weighted by Gasteiger charge is 2.20. The normalized spacial score (nSPS) is 10.6. The van der Waals surface area contributed by atoms with E-state index in [1.54, 1.807) is 6.92 Å². The summed E-state index contributed by atoms with van der Waals surface area (Å²) < 4.78 is 31.0. The highest BCUT2D eigenvalue weighted by molar-refractivity contribution is 14.1. The Bertz CT molecular complexity index is 405. The molecule has 0 bridgehead atoms. The Balaban J connectivity index is 3.35. The maximum absolute atomic E-state index is 12.7. The van der Waals surface area contributed by atoms with Crippen LogP contribution in [0.5, 0.6) is 5.75 Å². The van der Waals surface area contributed by atoms with Crippen molar-refractivity contribution in [1.82, 2.24) is 0 Å². The van der Waals surface area contributed by atoms with Crippen molar-refractivity contribution in [3.05, 3.63) is 26.8 Å². The number of ether oxygens (including phenoxy) is 1. The molecule has 0 amide bonds. The SMILES string of the molecule is CCOc1c(C(F)F)ccc(C(C)=O)c1I. The minimum Gasteiger partial charge on any atom is -0.492 e. The first kappa shape index (κ1) is 13.3. The summed E-state index contributed by atoms with van der Waals surface area (Å²) in [5, 5.41) is 0. The van der Waals surface area contributed by atoms with Gasteiger partial charge in [0, 0.05) is 5.56 Å². The van der Waals surface area contributed by atoms with Gasteiger partial charge in [-0.15, -0.1) is 0 Å². The first-order valence-electron chi connectivity index (χ1n) is 4.73. The molecule has 0 heterocycles. The van der Waals surface area contributed by atoms with Crippen LogP contribution < -0.4 is 4.74 Å². The summed E-state index contributed by atoms with van der Waals surface area (Å²) in [6, 6.07) is 2.66. The van der Waals surface area contributed by atoms with Crippen LogP contribution in [0.2, 0.25) is 0 Å². The summed E-state index contributed by atoms with van der Waals surface area (Å²) in [5.41, 5.74) is 0.240. The van der Waals surface area contributed by atoms with Gasteiger partial charge in [0.25, 0.3) is 6.43 Å². The summed E-state index contributed by atoms with van der Waals surface area (Å²) in [4.78, 5) is 11.3. The van der Waals surface area contributed by atoms with E-state index in [0.717, 1.165) is 0 Å². The topological polar surface area (TPSA) is 26.3 Å². The number of alkyl halides is 2. The van der Waals surface area contributed by atoms with Gasteiger partial charge in [0.1, 0.15) is 5.75 Å². The van der Waals surface area contributed by atoms with Gasteiger partial charge in [0.05, 0.1) is 15.7 Å². The predicted octanol–water partition coefficient (Wildman–Crippen LogP) is 3.83. The lowest BCUT2D eigenvalue weighted by atomic mass is 10.1. The van der Waals surface area contributed by atoms with Crippen LogP contribution >= 0.6 is 22.6 Å². The Morgan fingerprint density at radius 3 is 2.56 bits per heavy atom. The molecule has 2 nitrogen and oxygen atoms in total. The number of carbonyl (C=O) groups is 1. The minimum atomic E-state index is -2.60. The summed E-state index contributed by atoms with van der Waals surface area (Å²) in [6.07, 6.45) is -2.60. The van der Waals surface area contributed by atoms with E-state index in [2.05, 4.69) is 0 Å². The molecule has 0 aromatic heterocycles. The summed E-state index contributed by atoms with van der Waals surface area (Å²) in [5.74, 6) is -0.0445. The summed E-state index contributed by atoms with van der Waals surface area (Å²) in [6.45, 7) is 3.40. The fourth-order valence-corrected chi connectivity index (χ4v) is 2.33. The fourth-order valence-electron chi connectivity index (χ4n) is 1.31. The van der Waals surface area contributed by atoms with Crippen LogP contribution in [0.25, 0.3) is 0 Å². The van der Waals surface area contributed by atoms with E-state index >= 15 is 0 Å². The number of benzene rings is 1. The highest BCUT2D eigenvalue weighted by atomic mass is 127. The molecule has 0 unspecified atom stereocenters. The third kappa shape index (κ3) is 2.69. The zero-order chi connectivity index (χ0) is 12.3. The van der Waals surface area contributed by atoms with E-state index in [0.29, 0.717) is 9.13 Å². The molecule has 16 heavy (non-hydrogen) atoms. The molecule has 0 saturated carbocycles. The molecule has 1 aromatic carbocycles. The number of carbonyl (C=O) groups excluding carboxylic acids is 1. The van der Waals surface area contributed by atoms with Gasteiger partial charge in [0.15, 0.2) is 5.78 Å². The second kappa shape index (κ2) is 5.56. The lowest BCUT2D eigenvalue weighted by Crippen LogP contribution is -2.04. The molecule has 0 spiro atoms. The molecule has 0 aliphatic rings. The average molecular weight is 340 g/mol. The van der Waals surface area contributed by atoms with Crippen molar-refractivity contribution in [2.75, 3.05) is 6.61 Å². The molecule has 0 aliphatic carbocycles. The zero-order valence-electron chi connectivity index (χ0n) is 8.89. The first-order valence-corrected chi connectivity index (χ1v) is 5.81.